The zero-order valence-corrected chi connectivity index (χ0v) is 11.4. The van der Waals surface area contributed by atoms with Gasteiger partial charge in [0.05, 0.1) is 5.69 Å². The summed E-state index contributed by atoms with van der Waals surface area (Å²) >= 11 is 0. The van der Waals surface area contributed by atoms with E-state index in [4.69, 9.17) is 5.10 Å². The van der Waals surface area contributed by atoms with E-state index >= 15 is 0 Å². The summed E-state index contributed by atoms with van der Waals surface area (Å²) < 4.78 is 0. The number of nitrogens with one attached hydrogen (secondary N) is 1. The average Bonchev–Trinajstić information content (AvgIpc) is 2.77. The van der Waals surface area contributed by atoms with Crippen LogP contribution in [0.3, 0.4) is 0 Å². The normalized spacial score (nSPS) is 41.5. The summed E-state index contributed by atoms with van der Waals surface area (Å²) in [6, 6.07) is 2.39. The topological polar surface area (TPSA) is 28.7 Å². The molecule has 0 atom stereocenters. The zero-order chi connectivity index (χ0) is 12.2. The van der Waals surface area contributed by atoms with Gasteiger partial charge in [0.1, 0.15) is 0 Å². The van der Waals surface area contributed by atoms with E-state index in [1.165, 1.54) is 56.3 Å². The van der Waals surface area contributed by atoms with Crippen LogP contribution in [-0.4, -0.2) is 10.2 Å². The lowest BCUT2D eigenvalue weighted by Crippen LogP contribution is -2.48. The second-order valence-corrected chi connectivity index (χ2v) is 7.23. The number of hydrogen-bond donors (Lipinski definition) is 1. The summed E-state index contributed by atoms with van der Waals surface area (Å²) in [6.45, 7) is 2.24. The lowest BCUT2D eigenvalue weighted by Gasteiger charge is -2.56. The molecule has 0 aliphatic heterocycles. The Bertz CT molecular complexity index is 410. The van der Waals surface area contributed by atoms with Crippen LogP contribution in [-0.2, 0) is 11.8 Å². The van der Waals surface area contributed by atoms with Crippen molar-refractivity contribution in [2.24, 2.45) is 17.8 Å². The van der Waals surface area contributed by atoms with E-state index < -0.39 is 0 Å². The average molecular weight is 244 g/mol. The van der Waals surface area contributed by atoms with Crippen LogP contribution >= 0.6 is 0 Å². The molecule has 18 heavy (non-hydrogen) atoms. The van der Waals surface area contributed by atoms with Crippen molar-refractivity contribution < 1.29 is 0 Å². The number of hydrogen-bond acceptors (Lipinski definition) is 1. The Hall–Kier alpha value is -0.790. The van der Waals surface area contributed by atoms with E-state index in [-0.39, 0.29) is 0 Å². The second-order valence-electron chi connectivity index (χ2n) is 7.23. The van der Waals surface area contributed by atoms with E-state index in [9.17, 15) is 0 Å². The summed E-state index contributed by atoms with van der Waals surface area (Å²) in [7, 11) is 0. The monoisotopic (exact) mass is 244 g/mol. The van der Waals surface area contributed by atoms with Crippen molar-refractivity contribution in [2.75, 3.05) is 0 Å². The molecule has 98 valence electrons. The molecule has 1 heterocycles. The summed E-state index contributed by atoms with van der Waals surface area (Å²) in [5, 5.41) is 7.98. The highest BCUT2D eigenvalue weighted by Gasteiger charge is 2.52. The lowest BCUT2D eigenvalue weighted by atomic mass is 9.49. The molecule has 2 heteroatoms. The number of aromatic nitrogens is 2. The highest BCUT2D eigenvalue weighted by atomic mass is 15.1. The van der Waals surface area contributed by atoms with Crippen molar-refractivity contribution in [3.05, 3.63) is 17.5 Å². The predicted molar refractivity (Wildman–Crippen MR) is 72.4 cm³/mol. The number of aryl methyl sites for hydroxylation is 1. The Labute approximate surface area is 110 Å². The van der Waals surface area contributed by atoms with E-state index in [1.807, 2.05) is 0 Å². The molecule has 0 unspecified atom stereocenters. The fraction of sp³-hybridized carbons (Fsp3) is 0.812. The highest BCUT2D eigenvalue weighted by molar-refractivity contribution is 5.24. The molecule has 1 aromatic heterocycles. The van der Waals surface area contributed by atoms with Gasteiger partial charge in [-0.25, -0.2) is 0 Å². The number of H-pyrrole nitrogens is 1. The predicted octanol–water partition coefficient (Wildman–Crippen LogP) is 3.83. The summed E-state index contributed by atoms with van der Waals surface area (Å²) in [6.07, 6.45) is 11.2. The van der Waals surface area contributed by atoms with E-state index in [0.29, 0.717) is 5.41 Å². The van der Waals surface area contributed by atoms with Gasteiger partial charge in [0, 0.05) is 11.1 Å². The molecule has 2 nitrogen and oxygen atoms in total. The molecule has 4 aliphatic rings. The van der Waals surface area contributed by atoms with Crippen LogP contribution in [0.5, 0.6) is 0 Å². The second kappa shape index (κ2) is 3.85. The third-order valence-corrected chi connectivity index (χ3v) is 5.73. The third-order valence-electron chi connectivity index (χ3n) is 5.73. The number of nitrogens with zero attached hydrogens (tertiary/aromatic N) is 1. The molecular formula is C16H24N2. The van der Waals surface area contributed by atoms with Gasteiger partial charge < -0.3 is 0 Å². The largest absolute Gasteiger partial charge is 0.282 e. The van der Waals surface area contributed by atoms with Crippen LogP contribution in [0.1, 0.15) is 63.3 Å². The SMILES string of the molecule is CCCc1cc(C23CC4CC(CC(C4)C2)C3)n[nH]1. The molecule has 1 aromatic rings. The van der Waals surface area contributed by atoms with Crippen molar-refractivity contribution in [1.29, 1.82) is 0 Å². The molecule has 0 saturated heterocycles. The molecule has 0 spiro atoms. The maximum atomic E-state index is 4.70. The van der Waals surface area contributed by atoms with Crippen molar-refractivity contribution in [3.8, 4) is 0 Å². The van der Waals surface area contributed by atoms with E-state index in [1.54, 1.807) is 0 Å². The van der Waals surface area contributed by atoms with E-state index in [2.05, 4.69) is 18.1 Å². The lowest BCUT2D eigenvalue weighted by molar-refractivity contribution is -0.00722. The first-order chi connectivity index (χ1) is 8.77. The van der Waals surface area contributed by atoms with Gasteiger partial charge in [-0.3, -0.25) is 5.10 Å². The Morgan fingerprint density at radius 2 is 1.78 bits per heavy atom. The van der Waals surface area contributed by atoms with Crippen LogP contribution in [0, 0.1) is 17.8 Å². The van der Waals surface area contributed by atoms with Crippen LogP contribution in [0.25, 0.3) is 0 Å². The first-order valence-corrected chi connectivity index (χ1v) is 7.82. The van der Waals surface area contributed by atoms with Gasteiger partial charge in [-0.15, -0.1) is 0 Å². The molecule has 4 fully saturated rings. The van der Waals surface area contributed by atoms with Crippen molar-refractivity contribution in [3.63, 3.8) is 0 Å². The van der Waals surface area contributed by atoms with Gasteiger partial charge in [0.2, 0.25) is 0 Å². The van der Waals surface area contributed by atoms with Crippen LogP contribution in [0.2, 0.25) is 0 Å². The Kier molecular flexibility index (Phi) is 2.37. The molecule has 5 rings (SSSR count). The van der Waals surface area contributed by atoms with Gasteiger partial charge in [0.25, 0.3) is 0 Å². The van der Waals surface area contributed by atoms with Gasteiger partial charge in [-0.1, -0.05) is 13.3 Å². The van der Waals surface area contributed by atoms with Gasteiger partial charge in [0.15, 0.2) is 0 Å². The Morgan fingerprint density at radius 1 is 1.17 bits per heavy atom. The molecule has 1 N–H and O–H groups in total. The van der Waals surface area contributed by atoms with Gasteiger partial charge >= 0.3 is 0 Å². The minimum atomic E-state index is 0.469. The third kappa shape index (κ3) is 1.57. The smallest absolute Gasteiger partial charge is 0.0686 e. The first kappa shape index (κ1) is 11.1. The van der Waals surface area contributed by atoms with Crippen molar-refractivity contribution in [1.82, 2.24) is 10.2 Å². The maximum absolute atomic E-state index is 4.70. The molecule has 4 saturated carbocycles. The molecular weight excluding hydrogens is 220 g/mol. The fourth-order valence-electron chi connectivity index (χ4n) is 5.46. The first-order valence-electron chi connectivity index (χ1n) is 7.82. The minimum absolute atomic E-state index is 0.469. The van der Waals surface area contributed by atoms with Crippen molar-refractivity contribution >= 4 is 0 Å². The molecule has 4 aliphatic carbocycles. The van der Waals surface area contributed by atoms with Gasteiger partial charge in [-0.2, -0.15) is 5.10 Å². The quantitative estimate of drug-likeness (QED) is 0.860. The summed E-state index contributed by atoms with van der Waals surface area (Å²) in [5.41, 5.74) is 3.23. The molecule has 0 amide bonds. The van der Waals surface area contributed by atoms with Crippen molar-refractivity contribution in [2.45, 2.75) is 63.7 Å². The highest BCUT2D eigenvalue weighted by Crippen LogP contribution is 2.60. The minimum Gasteiger partial charge on any atom is -0.282 e. The van der Waals surface area contributed by atoms with E-state index in [0.717, 1.165) is 24.2 Å². The molecule has 0 aromatic carbocycles. The van der Waals surface area contributed by atoms with Crippen LogP contribution in [0.15, 0.2) is 6.07 Å². The van der Waals surface area contributed by atoms with Gasteiger partial charge in [-0.05, 0) is 68.8 Å². The Morgan fingerprint density at radius 3 is 2.33 bits per heavy atom. The Balaban J connectivity index is 1.66. The zero-order valence-electron chi connectivity index (χ0n) is 11.4. The summed E-state index contributed by atoms with van der Waals surface area (Å²) in [5.74, 6) is 3.05. The molecule has 4 bridgehead atoms. The standard InChI is InChI=1S/C16H24N2/c1-2-3-14-7-15(18-17-14)16-8-11-4-12(9-16)6-13(5-11)10-16/h7,11-13H,2-6,8-10H2,1H3,(H,17,18). The number of aromatic amines is 1. The van der Waals surface area contributed by atoms with Crippen LogP contribution in [0.4, 0.5) is 0 Å². The fourth-order valence-corrected chi connectivity index (χ4v) is 5.46. The molecule has 0 radical (unpaired) electrons. The van der Waals surface area contributed by atoms with Crippen LogP contribution < -0.4 is 0 Å². The maximum Gasteiger partial charge on any atom is 0.0686 e. The summed E-state index contributed by atoms with van der Waals surface area (Å²) in [4.78, 5) is 0. The number of rotatable bonds is 3.